The first-order chi connectivity index (χ1) is 15.2. The molecule has 4 rings (SSSR count). The number of hydrogen-bond acceptors (Lipinski definition) is 4. The van der Waals surface area contributed by atoms with Crippen LogP contribution in [0.1, 0.15) is 44.9 Å². The zero-order valence-electron chi connectivity index (χ0n) is 19.6. The van der Waals surface area contributed by atoms with Crippen molar-refractivity contribution in [2.24, 2.45) is 0 Å². The third-order valence-corrected chi connectivity index (χ3v) is 5.91. The number of carbonyl (C=O) groups excluding carboxylic acids is 1. The highest BCUT2D eigenvalue weighted by Crippen LogP contribution is 2.32. The van der Waals surface area contributed by atoms with E-state index in [1.807, 2.05) is 32.9 Å². The van der Waals surface area contributed by atoms with Crippen LogP contribution < -0.4 is 4.74 Å². The van der Waals surface area contributed by atoms with Crippen molar-refractivity contribution in [3.63, 3.8) is 0 Å². The number of likely N-dealkylation sites (tertiary alicyclic amines) is 1. The lowest BCUT2D eigenvalue weighted by atomic mass is 9.99. The van der Waals surface area contributed by atoms with Gasteiger partial charge in [-0.1, -0.05) is 36.4 Å². The molecule has 0 aliphatic carbocycles. The van der Waals surface area contributed by atoms with Crippen LogP contribution in [0, 0.1) is 13.8 Å². The van der Waals surface area contributed by atoms with Crippen molar-refractivity contribution < 1.29 is 14.3 Å². The van der Waals surface area contributed by atoms with Gasteiger partial charge in [0.1, 0.15) is 17.5 Å². The molecule has 0 radical (unpaired) electrons. The van der Waals surface area contributed by atoms with Gasteiger partial charge in [0.25, 0.3) is 0 Å². The lowest BCUT2D eigenvalue weighted by Gasteiger charge is -2.33. The zero-order chi connectivity index (χ0) is 22.9. The van der Waals surface area contributed by atoms with Gasteiger partial charge in [0, 0.05) is 42.6 Å². The molecule has 0 saturated carbocycles. The lowest BCUT2D eigenvalue weighted by Crippen LogP contribution is -2.44. The average Bonchev–Trinajstić information content (AvgIpc) is 2.76. The first-order valence-electron chi connectivity index (χ1n) is 11.3. The fraction of sp³-hybridized carbons (Fsp3) is 0.407. The van der Waals surface area contributed by atoms with Crippen molar-refractivity contribution >= 4 is 16.9 Å². The van der Waals surface area contributed by atoms with Crippen LogP contribution in [0.3, 0.4) is 0 Å². The van der Waals surface area contributed by atoms with Crippen LogP contribution in [0.15, 0.2) is 48.5 Å². The molecule has 1 aliphatic rings. The maximum atomic E-state index is 12.3. The molecule has 1 fully saturated rings. The first kappa shape index (κ1) is 22.1. The second-order valence-corrected chi connectivity index (χ2v) is 9.53. The summed E-state index contributed by atoms with van der Waals surface area (Å²) in [7, 11) is 0. The molecule has 5 heteroatoms. The minimum Gasteiger partial charge on any atom is -0.490 e. The molecule has 1 aromatic heterocycles. The van der Waals surface area contributed by atoms with Crippen molar-refractivity contribution in [2.45, 2.75) is 59.2 Å². The normalized spacial score (nSPS) is 15.1. The summed E-state index contributed by atoms with van der Waals surface area (Å²) in [6.45, 7) is 11.1. The number of piperidine rings is 1. The summed E-state index contributed by atoms with van der Waals surface area (Å²) in [4.78, 5) is 19.0. The minimum absolute atomic E-state index is 0.0772. The van der Waals surface area contributed by atoms with Crippen molar-refractivity contribution in [2.75, 3.05) is 13.1 Å². The zero-order valence-corrected chi connectivity index (χ0v) is 19.6. The van der Waals surface area contributed by atoms with E-state index in [1.54, 1.807) is 4.90 Å². The van der Waals surface area contributed by atoms with Gasteiger partial charge in [0.2, 0.25) is 0 Å². The van der Waals surface area contributed by atoms with Gasteiger partial charge in [-0.05, 0) is 57.7 Å². The van der Waals surface area contributed by atoms with Gasteiger partial charge in [-0.3, -0.25) is 4.98 Å². The van der Waals surface area contributed by atoms with E-state index in [0.717, 1.165) is 40.9 Å². The van der Waals surface area contributed by atoms with E-state index >= 15 is 0 Å². The Kier molecular flexibility index (Phi) is 6.09. The Morgan fingerprint density at radius 3 is 2.38 bits per heavy atom. The molecule has 0 spiro atoms. The molecule has 5 nitrogen and oxygen atoms in total. The molecule has 2 aromatic carbocycles. The van der Waals surface area contributed by atoms with Gasteiger partial charge in [-0.15, -0.1) is 0 Å². The highest BCUT2D eigenvalue weighted by Gasteiger charge is 2.27. The topological polar surface area (TPSA) is 51.7 Å². The number of benzene rings is 2. The van der Waals surface area contributed by atoms with E-state index in [1.165, 1.54) is 10.9 Å². The second kappa shape index (κ2) is 8.81. The fourth-order valence-electron chi connectivity index (χ4n) is 4.14. The Morgan fingerprint density at radius 2 is 1.69 bits per heavy atom. The Balaban J connectivity index is 1.48. The van der Waals surface area contributed by atoms with E-state index in [4.69, 9.17) is 14.5 Å². The van der Waals surface area contributed by atoms with Crippen molar-refractivity contribution in [1.82, 2.24) is 9.88 Å². The van der Waals surface area contributed by atoms with Crippen LogP contribution in [0.25, 0.3) is 22.0 Å². The molecule has 0 unspecified atom stereocenters. The molecule has 0 N–H and O–H groups in total. The number of pyridine rings is 1. The fourth-order valence-corrected chi connectivity index (χ4v) is 4.14. The Bertz CT molecular complexity index is 1130. The van der Waals surface area contributed by atoms with Crippen molar-refractivity contribution in [3.05, 3.63) is 59.8 Å². The number of fused-ring (bicyclic) bond motifs is 1. The summed E-state index contributed by atoms with van der Waals surface area (Å²) in [6, 6.07) is 16.6. The summed E-state index contributed by atoms with van der Waals surface area (Å²) in [6.07, 6.45) is 1.40. The molecule has 3 aromatic rings. The third kappa shape index (κ3) is 4.87. The van der Waals surface area contributed by atoms with Crippen LogP contribution >= 0.6 is 0 Å². The third-order valence-electron chi connectivity index (χ3n) is 5.91. The molecule has 1 saturated heterocycles. The number of nitrogens with zero attached hydrogens (tertiary/aromatic N) is 2. The molecule has 0 atom stereocenters. The molecule has 168 valence electrons. The maximum absolute atomic E-state index is 12.3. The van der Waals surface area contributed by atoms with E-state index in [9.17, 15) is 4.79 Å². The van der Waals surface area contributed by atoms with Crippen LogP contribution in [0.2, 0.25) is 0 Å². The number of ether oxygens (including phenoxy) is 2. The second-order valence-electron chi connectivity index (χ2n) is 9.53. The summed E-state index contributed by atoms with van der Waals surface area (Å²) in [5.74, 6) is 0.835. The van der Waals surface area contributed by atoms with Crippen LogP contribution in [0.5, 0.6) is 5.75 Å². The Hall–Kier alpha value is -3.08. The molecule has 1 aliphatic heterocycles. The SMILES string of the molecule is Cc1nc(-c2cccc(OC3CCN(C(=O)OC(C)(C)C)CC3)c2)c2ccccc2c1C. The van der Waals surface area contributed by atoms with Crippen LogP contribution in [-0.2, 0) is 4.74 Å². The Labute approximate surface area is 190 Å². The predicted octanol–water partition coefficient (Wildman–Crippen LogP) is 6.30. The summed E-state index contributed by atoms with van der Waals surface area (Å²) in [5, 5.41) is 2.38. The molecular weight excluding hydrogens is 400 g/mol. The standard InChI is InChI=1S/C27H32N2O3/c1-18-19(2)28-25(24-12-7-6-11-23(18)24)20-9-8-10-22(17-20)31-21-13-15-29(16-14-21)26(30)32-27(3,4)5/h6-12,17,21H,13-16H2,1-5H3. The monoisotopic (exact) mass is 432 g/mol. The summed E-state index contributed by atoms with van der Waals surface area (Å²) >= 11 is 0. The highest BCUT2D eigenvalue weighted by atomic mass is 16.6. The summed E-state index contributed by atoms with van der Waals surface area (Å²) < 4.78 is 11.8. The quantitative estimate of drug-likeness (QED) is 0.487. The largest absolute Gasteiger partial charge is 0.490 e. The summed E-state index contributed by atoms with van der Waals surface area (Å²) in [5.41, 5.74) is 3.81. The number of amides is 1. The average molecular weight is 433 g/mol. The number of hydrogen-bond donors (Lipinski definition) is 0. The van der Waals surface area contributed by atoms with E-state index < -0.39 is 5.60 Å². The molecule has 0 bridgehead atoms. The number of rotatable bonds is 3. The van der Waals surface area contributed by atoms with Gasteiger partial charge < -0.3 is 14.4 Å². The predicted molar refractivity (Wildman–Crippen MR) is 128 cm³/mol. The maximum Gasteiger partial charge on any atom is 0.410 e. The van der Waals surface area contributed by atoms with Crippen LogP contribution in [0.4, 0.5) is 4.79 Å². The smallest absolute Gasteiger partial charge is 0.410 e. The van der Waals surface area contributed by atoms with Gasteiger partial charge in [0.05, 0.1) is 5.69 Å². The van der Waals surface area contributed by atoms with Crippen molar-refractivity contribution in [1.29, 1.82) is 0 Å². The lowest BCUT2D eigenvalue weighted by molar-refractivity contribution is 0.0126. The molecule has 1 amide bonds. The molecule has 2 heterocycles. The number of aromatic nitrogens is 1. The van der Waals surface area contributed by atoms with Crippen LogP contribution in [-0.4, -0.2) is 40.8 Å². The minimum atomic E-state index is -0.475. The van der Waals surface area contributed by atoms with Gasteiger partial charge >= 0.3 is 6.09 Å². The van der Waals surface area contributed by atoms with Gasteiger partial charge in [-0.2, -0.15) is 0 Å². The van der Waals surface area contributed by atoms with E-state index in [-0.39, 0.29) is 12.2 Å². The number of carbonyl (C=O) groups is 1. The highest BCUT2D eigenvalue weighted by molar-refractivity contribution is 5.97. The number of aryl methyl sites for hydroxylation is 2. The van der Waals surface area contributed by atoms with Gasteiger partial charge in [0.15, 0.2) is 0 Å². The van der Waals surface area contributed by atoms with E-state index in [0.29, 0.717) is 13.1 Å². The van der Waals surface area contributed by atoms with Crippen molar-refractivity contribution in [3.8, 4) is 17.0 Å². The molecular formula is C27H32N2O3. The first-order valence-corrected chi connectivity index (χ1v) is 11.3. The van der Waals surface area contributed by atoms with Gasteiger partial charge in [-0.25, -0.2) is 4.79 Å². The Morgan fingerprint density at radius 1 is 1.00 bits per heavy atom. The van der Waals surface area contributed by atoms with E-state index in [2.05, 4.69) is 50.2 Å². The molecule has 32 heavy (non-hydrogen) atoms.